The van der Waals surface area contributed by atoms with Crippen molar-refractivity contribution in [3.8, 4) is 5.75 Å². The molecular weight excluding hydrogens is 280 g/mol. The van der Waals surface area contributed by atoms with E-state index < -0.39 is 0 Å². The molecule has 1 saturated carbocycles. The molecule has 2 rings (SSSR count). The van der Waals surface area contributed by atoms with Gasteiger partial charge in [0.25, 0.3) is 0 Å². The number of hydrogen-bond acceptors (Lipinski definition) is 3. The van der Waals surface area contributed by atoms with Crippen LogP contribution in [0.1, 0.15) is 38.2 Å². The maximum Gasteiger partial charge on any atom is 0.119 e. The minimum absolute atomic E-state index is 0.424. The molecule has 0 heterocycles. The first-order valence-electron chi connectivity index (χ1n) is 7.79. The Bertz CT molecular complexity index is 452. The molecule has 1 fully saturated rings. The number of thiocarbonyl (C=S) groups is 1. The van der Waals surface area contributed by atoms with Crippen LogP contribution in [0, 0.1) is 5.92 Å². The fourth-order valence-corrected chi connectivity index (χ4v) is 3.02. The highest BCUT2D eigenvalue weighted by atomic mass is 32.1. The Hall–Kier alpha value is -1.13. The second-order valence-corrected chi connectivity index (χ2v) is 6.57. The Morgan fingerprint density at radius 2 is 1.86 bits per heavy atom. The Morgan fingerprint density at radius 1 is 1.24 bits per heavy atom. The number of benzene rings is 1. The van der Waals surface area contributed by atoms with E-state index in [1.54, 1.807) is 0 Å². The minimum atomic E-state index is 0.424. The molecule has 1 aromatic carbocycles. The quantitative estimate of drug-likeness (QED) is 0.819. The number of hydrogen-bond donors (Lipinski definition) is 1. The largest absolute Gasteiger partial charge is 0.492 e. The van der Waals surface area contributed by atoms with Crippen LogP contribution in [0.5, 0.6) is 5.75 Å². The van der Waals surface area contributed by atoms with Gasteiger partial charge in [0, 0.05) is 18.2 Å². The number of nitrogens with zero attached hydrogens (tertiary/aromatic N) is 1. The van der Waals surface area contributed by atoms with Crippen molar-refractivity contribution in [3.05, 3.63) is 29.8 Å². The molecule has 0 saturated heterocycles. The van der Waals surface area contributed by atoms with Crippen LogP contribution < -0.4 is 10.5 Å². The third-order valence-electron chi connectivity index (χ3n) is 4.46. The lowest BCUT2D eigenvalue weighted by Gasteiger charge is -2.33. The zero-order chi connectivity index (χ0) is 15.2. The van der Waals surface area contributed by atoms with Crippen molar-refractivity contribution in [1.82, 2.24) is 4.90 Å². The van der Waals surface area contributed by atoms with Crippen molar-refractivity contribution in [3.63, 3.8) is 0 Å². The van der Waals surface area contributed by atoms with Gasteiger partial charge in [-0.1, -0.05) is 19.1 Å². The molecule has 2 N–H and O–H groups in total. The van der Waals surface area contributed by atoms with Gasteiger partial charge in [0.1, 0.15) is 17.3 Å². The number of nitrogens with two attached hydrogens (primary N) is 1. The van der Waals surface area contributed by atoms with Crippen molar-refractivity contribution in [2.24, 2.45) is 11.7 Å². The predicted octanol–water partition coefficient (Wildman–Crippen LogP) is 3.21. The second-order valence-electron chi connectivity index (χ2n) is 6.13. The van der Waals surface area contributed by atoms with E-state index in [0.29, 0.717) is 4.99 Å². The van der Waals surface area contributed by atoms with Crippen LogP contribution in [0.3, 0.4) is 0 Å². The monoisotopic (exact) mass is 306 g/mol. The van der Waals surface area contributed by atoms with Gasteiger partial charge in [-0.25, -0.2) is 0 Å². The van der Waals surface area contributed by atoms with Crippen molar-refractivity contribution in [2.75, 3.05) is 20.2 Å². The van der Waals surface area contributed by atoms with Gasteiger partial charge in [-0.15, -0.1) is 0 Å². The molecule has 3 nitrogen and oxygen atoms in total. The Morgan fingerprint density at radius 3 is 2.43 bits per heavy atom. The van der Waals surface area contributed by atoms with Crippen LogP contribution in [0.2, 0.25) is 0 Å². The van der Waals surface area contributed by atoms with Gasteiger partial charge in [0.2, 0.25) is 0 Å². The zero-order valence-corrected chi connectivity index (χ0v) is 13.9. The average molecular weight is 306 g/mol. The van der Waals surface area contributed by atoms with E-state index in [1.807, 2.05) is 24.3 Å². The molecule has 0 amide bonds. The summed E-state index contributed by atoms with van der Waals surface area (Å²) < 4.78 is 5.80. The summed E-state index contributed by atoms with van der Waals surface area (Å²) in [5.41, 5.74) is 6.46. The number of likely N-dealkylation sites (N-methyl/N-ethyl adjacent to an activating group) is 1. The first-order chi connectivity index (χ1) is 10.1. The predicted molar refractivity (Wildman–Crippen MR) is 91.9 cm³/mol. The Kier molecular flexibility index (Phi) is 6.00. The molecule has 0 bridgehead atoms. The molecule has 0 spiro atoms. The van der Waals surface area contributed by atoms with Crippen LogP contribution in [-0.4, -0.2) is 36.1 Å². The highest BCUT2D eigenvalue weighted by Crippen LogP contribution is 2.26. The van der Waals surface area contributed by atoms with E-state index in [0.717, 1.165) is 36.4 Å². The fraction of sp³-hybridized carbons (Fsp3) is 0.588. The van der Waals surface area contributed by atoms with Crippen LogP contribution >= 0.6 is 12.2 Å². The molecule has 4 heteroatoms. The van der Waals surface area contributed by atoms with E-state index in [9.17, 15) is 0 Å². The van der Waals surface area contributed by atoms with Gasteiger partial charge in [-0.3, -0.25) is 0 Å². The van der Waals surface area contributed by atoms with Crippen LogP contribution in [0.4, 0.5) is 0 Å². The molecule has 0 atom stereocenters. The van der Waals surface area contributed by atoms with Gasteiger partial charge < -0.3 is 15.4 Å². The van der Waals surface area contributed by atoms with Crippen molar-refractivity contribution < 1.29 is 4.74 Å². The molecule has 1 aliphatic rings. The van der Waals surface area contributed by atoms with Gasteiger partial charge in [-0.05, 0) is 62.9 Å². The summed E-state index contributed by atoms with van der Waals surface area (Å²) in [5, 5.41) is 0. The zero-order valence-electron chi connectivity index (χ0n) is 13.0. The molecule has 0 aromatic heterocycles. The summed E-state index contributed by atoms with van der Waals surface area (Å²) in [4.78, 5) is 2.86. The highest BCUT2D eigenvalue weighted by molar-refractivity contribution is 7.80. The minimum Gasteiger partial charge on any atom is -0.492 e. The first-order valence-corrected chi connectivity index (χ1v) is 8.20. The third kappa shape index (κ3) is 4.97. The fourth-order valence-electron chi connectivity index (χ4n) is 2.89. The average Bonchev–Trinajstić information content (AvgIpc) is 2.48. The highest BCUT2D eigenvalue weighted by Gasteiger charge is 2.21. The first kappa shape index (κ1) is 16.2. The van der Waals surface area contributed by atoms with E-state index in [-0.39, 0.29) is 0 Å². The standard InChI is InChI=1S/C17H26N2OS/c1-13-3-7-15(8-4-13)19(2)11-12-20-16-9-5-14(6-10-16)17(18)21/h5-6,9-10,13,15H,3-4,7-8,11-12H2,1-2H3,(H2,18,21). The second kappa shape index (κ2) is 7.76. The lowest BCUT2D eigenvalue weighted by molar-refractivity contribution is 0.145. The van der Waals surface area contributed by atoms with Gasteiger partial charge in [0.05, 0.1) is 0 Å². The van der Waals surface area contributed by atoms with Gasteiger partial charge >= 0.3 is 0 Å². The molecule has 0 radical (unpaired) electrons. The summed E-state index contributed by atoms with van der Waals surface area (Å²) in [6.07, 6.45) is 5.35. The summed E-state index contributed by atoms with van der Waals surface area (Å²) in [6, 6.07) is 8.39. The summed E-state index contributed by atoms with van der Waals surface area (Å²) in [5.74, 6) is 1.78. The van der Waals surface area contributed by atoms with E-state index in [4.69, 9.17) is 22.7 Å². The number of rotatable bonds is 6. The normalized spacial score (nSPS) is 22.2. The molecule has 1 aliphatic carbocycles. The lowest BCUT2D eigenvalue weighted by atomic mass is 9.87. The topological polar surface area (TPSA) is 38.5 Å². The third-order valence-corrected chi connectivity index (χ3v) is 4.70. The molecule has 116 valence electrons. The Labute approximate surface area is 133 Å². The number of ether oxygens (including phenoxy) is 1. The van der Waals surface area contributed by atoms with Crippen LogP contribution in [0.25, 0.3) is 0 Å². The maximum absolute atomic E-state index is 5.80. The maximum atomic E-state index is 5.80. The van der Waals surface area contributed by atoms with E-state index >= 15 is 0 Å². The van der Waals surface area contributed by atoms with Crippen LogP contribution in [0.15, 0.2) is 24.3 Å². The lowest BCUT2D eigenvalue weighted by Crippen LogP contribution is -2.37. The summed E-state index contributed by atoms with van der Waals surface area (Å²) in [6.45, 7) is 4.04. The van der Waals surface area contributed by atoms with Gasteiger partial charge in [0.15, 0.2) is 0 Å². The molecule has 0 aliphatic heterocycles. The summed E-state index contributed by atoms with van der Waals surface area (Å²) in [7, 11) is 2.21. The van der Waals surface area contributed by atoms with E-state index in [1.165, 1.54) is 25.7 Å². The molecule has 21 heavy (non-hydrogen) atoms. The van der Waals surface area contributed by atoms with Crippen molar-refractivity contribution in [2.45, 2.75) is 38.6 Å². The smallest absolute Gasteiger partial charge is 0.119 e. The molecule has 0 unspecified atom stereocenters. The van der Waals surface area contributed by atoms with E-state index in [2.05, 4.69) is 18.9 Å². The molecule has 1 aromatic rings. The summed E-state index contributed by atoms with van der Waals surface area (Å²) >= 11 is 4.94. The van der Waals surface area contributed by atoms with Crippen molar-refractivity contribution >= 4 is 17.2 Å². The molecular formula is C17H26N2OS. The van der Waals surface area contributed by atoms with Crippen LogP contribution in [-0.2, 0) is 0 Å². The van der Waals surface area contributed by atoms with Crippen molar-refractivity contribution in [1.29, 1.82) is 0 Å². The Balaban J connectivity index is 1.72. The van der Waals surface area contributed by atoms with Gasteiger partial charge in [-0.2, -0.15) is 0 Å². The SMILES string of the molecule is CC1CCC(N(C)CCOc2ccc(C(N)=S)cc2)CC1.